The molecule has 92 valence electrons. The summed E-state index contributed by atoms with van der Waals surface area (Å²) < 4.78 is 32.3. The summed E-state index contributed by atoms with van der Waals surface area (Å²) in [5, 5.41) is 0. The Morgan fingerprint density at radius 1 is 1.47 bits per heavy atom. The van der Waals surface area contributed by atoms with Crippen LogP contribution in [0.25, 0.3) is 0 Å². The third-order valence-electron chi connectivity index (χ3n) is 1.80. The topological polar surface area (TPSA) is 93.4 Å². The predicted molar refractivity (Wildman–Crippen MR) is 59.7 cm³/mol. The number of ether oxygens (including phenoxy) is 1. The molecule has 0 radical (unpaired) electrons. The normalized spacial score (nSPS) is 14.1. The monoisotopic (exact) mass is 239 g/mol. The van der Waals surface area contributed by atoms with Gasteiger partial charge in [-0.1, -0.05) is 0 Å². The van der Waals surface area contributed by atoms with Crippen LogP contribution in [0.4, 0.5) is 0 Å². The summed E-state index contributed by atoms with van der Waals surface area (Å²) in [6.45, 7) is 3.02. The van der Waals surface area contributed by atoms with Crippen LogP contribution in [0, 0.1) is 0 Å². The molecule has 0 aromatic heterocycles. The number of methoxy groups -OCH3 is 1. The maximum absolute atomic E-state index is 11.4. The van der Waals surface area contributed by atoms with Gasteiger partial charge < -0.3 is 10.5 Å². The van der Waals surface area contributed by atoms with Gasteiger partial charge in [0.25, 0.3) is 10.2 Å². The van der Waals surface area contributed by atoms with Gasteiger partial charge >= 0.3 is 0 Å². The molecule has 0 spiro atoms. The number of rotatable bonds is 9. The molecule has 0 aliphatic carbocycles. The van der Waals surface area contributed by atoms with Crippen molar-refractivity contribution in [3.05, 3.63) is 0 Å². The maximum atomic E-state index is 11.4. The number of hydrogen-bond donors (Lipinski definition) is 3. The Balaban J connectivity index is 3.81. The second-order valence-corrected chi connectivity index (χ2v) is 4.87. The molecule has 0 heterocycles. The van der Waals surface area contributed by atoms with Crippen LogP contribution in [0.2, 0.25) is 0 Å². The van der Waals surface area contributed by atoms with Crippen molar-refractivity contribution < 1.29 is 13.2 Å². The fourth-order valence-corrected chi connectivity index (χ4v) is 2.15. The van der Waals surface area contributed by atoms with Gasteiger partial charge in [0, 0.05) is 19.7 Å². The summed E-state index contributed by atoms with van der Waals surface area (Å²) in [4.78, 5) is 0. The van der Waals surface area contributed by atoms with Crippen molar-refractivity contribution in [2.45, 2.75) is 25.8 Å². The first-order valence-corrected chi connectivity index (χ1v) is 6.46. The van der Waals surface area contributed by atoms with Crippen LogP contribution in [-0.4, -0.2) is 41.3 Å². The van der Waals surface area contributed by atoms with Crippen molar-refractivity contribution in [3.8, 4) is 0 Å². The molecule has 0 saturated heterocycles. The zero-order chi connectivity index (χ0) is 11.7. The van der Waals surface area contributed by atoms with Crippen LogP contribution < -0.4 is 15.2 Å². The molecule has 1 unspecified atom stereocenters. The lowest BCUT2D eigenvalue weighted by atomic mass is 10.2. The quantitative estimate of drug-likeness (QED) is 0.458. The number of nitrogens with two attached hydrogens (primary N) is 1. The molecule has 0 aromatic carbocycles. The van der Waals surface area contributed by atoms with Crippen molar-refractivity contribution in [2.75, 3.05) is 26.8 Å². The largest absolute Gasteiger partial charge is 0.383 e. The van der Waals surface area contributed by atoms with Crippen LogP contribution in [0.3, 0.4) is 0 Å². The summed E-state index contributed by atoms with van der Waals surface area (Å²) in [7, 11) is -1.88. The molecule has 6 nitrogen and oxygen atoms in total. The molecular formula is C8H21N3O3S. The summed E-state index contributed by atoms with van der Waals surface area (Å²) in [5.74, 6) is 0. The van der Waals surface area contributed by atoms with E-state index in [1.165, 1.54) is 7.11 Å². The fourth-order valence-electron chi connectivity index (χ4n) is 1.07. The average Bonchev–Trinajstić information content (AvgIpc) is 2.14. The maximum Gasteiger partial charge on any atom is 0.277 e. The number of nitrogens with one attached hydrogen (secondary N) is 2. The Morgan fingerprint density at radius 2 is 2.13 bits per heavy atom. The molecule has 0 aliphatic rings. The van der Waals surface area contributed by atoms with Crippen molar-refractivity contribution in [2.24, 2.45) is 5.73 Å². The van der Waals surface area contributed by atoms with Crippen LogP contribution in [0.1, 0.15) is 19.8 Å². The molecule has 0 aliphatic heterocycles. The van der Waals surface area contributed by atoms with Gasteiger partial charge in [-0.2, -0.15) is 17.9 Å². The van der Waals surface area contributed by atoms with Gasteiger partial charge in [-0.15, -0.1) is 0 Å². The van der Waals surface area contributed by atoms with Crippen molar-refractivity contribution in [3.63, 3.8) is 0 Å². The SMILES string of the molecule is COCCNS(=O)(=O)NC(C)CCCN. The van der Waals surface area contributed by atoms with Crippen molar-refractivity contribution in [1.82, 2.24) is 9.44 Å². The molecule has 1 atom stereocenters. The smallest absolute Gasteiger partial charge is 0.277 e. The van der Waals surface area contributed by atoms with E-state index in [0.717, 1.165) is 12.8 Å². The summed E-state index contributed by atoms with van der Waals surface area (Å²) >= 11 is 0. The molecule has 0 aromatic rings. The first-order chi connectivity index (χ1) is 7.02. The minimum atomic E-state index is -3.40. The lowest BCUT2D eigenvalue weighted by molar-refractivity contribution is 0.204. The molecule has 0 bridgehead atoms. The third-order valence-corrected chi connectivity index (χ3v) is 3.09. The van der Waals surface area contributed by atoms with E-state index < -0.39 is 10.2 Å². The zero-order valence-electron chi connectivity index (χ0n) is 9.32. The molecule has 0 fully saturated rings. The van der Waals surface area contributed by atoms with E-state index in [2.05, 4.69) is 9.44 Å². The Kier molecular flexibility index (Phi) is 7.89. The van der Waals surface area contributed by atoms with Crippen molar-refractivity contribution in [1.29, 1.82) is 0 Å². The average molecular weight is 239 g/mol. The Morgan fingerprint density at radius 3 is 2.67 bits per heavy atom. The lowest BCUT2D eigenvalue weighted by Crippen LogP contribution is -2.42. The number of hydrogen-bond acceptors (Lipinski definition) is 4. The van der Waals surface area contributed by atoms with E-state index in [9.17, 15) is 8.42 Å². The van der Waals surface area contributed by atoms with Gasteiger partial charge in [0.2, 0.25) is 0 Å². The summed E-state index contributed by atoms with van der Waals surface area (Å²) in [5.41, 5.74) is 5.33. The summed E-state index contributed by atoms with van der Waals surface area (Å²) in [6.07, 6.45) is 1.55. The molecule has 7 heteroatoms. The van der Waals surface area contributed by atoms with Gasteiger partial charge in [-0.25, -0.2) is 0 Å². The minimum absolute atomic E-state index is 0.103. The highest BCUT2D eigenvalue weighted by Gasteiger charge is 2.12. The van der Waals surface area contributed by atoms with E-state index in [1.54, 1.807) is 0 Å². The predicted octanol–water partition coefficient (Wildman–Crippen LogP) is -0.816. The van der Waals surface area contributed by atoms with E-state index in [0.29, 0.717) is 13.2 Å². The van der Waals surface area contributed by atoms with Crippen LogP contribution in [-0.2, 0) is 14.9 Å². The van der Waals surface area contributed by atoms with Gasteiger partial charge in [-0.3, -0.25) is 0 Å². The summed E-state index contributed by atoms with van der Waals surface area (Å²) in [6, 6.07) is -0.103. The van der Waals surface area contributed by atoms with Crippen LogP contribution in [0.5, 0.6) is 0 Å². The molecule has 15 heavy (non-hydrogen) atoms. The van der Waals surface area contributed by atoms with E-state index in [1.807, 2.05) is 6.92 Å². The van der Waals surface area contributed by atoms with E-state index >= 15 is 0 Å². The lowest BCUT2D eigenvalue weighted by Gasteiger charge is -2.14. The third kappa shape index (κ3) is 8.76. The minimum Gasteiger partial charge on any atom is -0.383 e. The second-order valence-electron chi connectivity index (χ2n) is 3.34. The molecule has 0 rings (SSSR count). The zero-order valence-corrected chi connectivity index (χ0v) is 10.1. The molecule has 0 amide bonds. The highest BCUT2D eigenvalue weighted by atomic mass is 32.2. The van der Waals surface area contributed by atoms with Gasteiger partial charge in [0.15, 0.2) is 0 Å². The molecule has 0 saturated carbocycles. The van der Waals surface area contributed by atoms with Crippen LogP contribution >= 0.6 is 0 Å². The standard InChI is InChI=1S/C8H21N3O3S/c1-8(4-3-5-9)11-15(12,13)10-6-7-14-2/h8,10-11H,3-7,9H2,1-2H3. The first-order valence-electron chi connectivity index (χ1n) is 4.97. The van der Waals surface area contributed by atoms with E-state index in [4.69, 9.17) is 10.5 Å². The first kappa shape index (κ1) is 14.8. The van der Waals surface area contributed by atoms with Crippen LogP contribution in [0.15, 0.2) is 0 Å². The highest BCUT2D eigenvalue weighted by Crippen LogP contribution is 1.95. The Bertz CT molecular complexity index is 244. The highest BCUT2D eigenvalue weighted by molar-refractivity contribution is 7.87. The van der Waals surface area contributed by atoms with Gasteiger partial charge in [0.1, 0.15) is 0 Å². The van der Waals surface area contributed by atoms with Gasteiger partial charge in [-0.05, 0) is 26.3 Å². The Labute approximate surface area is 91.7 Å². The van der Waals surface area contributed by atoms with Crippen molar-refractivity contribution >= 4 is 10.2 Å². The van der Waals surface area contributed by atoms with Gasteiger partial charge in [0.05, 0.1) is 6.61 Å². The second kappa shape index (κ2) is 8.00. The Hall–Kier alpha value is -0.210. The molecule has 4 N–H and O–H groups in total. The van der Waals surface area contributed by atoms with E-state index in [-0.39, 0.29) is 12.6 Å². The fraction of sp³-hybridized carbons (Fsp3) is 1.00. The molecular weight excluding hydrogens is 218 g/mol.